The van der Waals surface area contributed by atoms with Crippen molar-refractivity contribution in [1.29, 1.82) is 0 Å². The second-order valence-electron chi connectivity index (χ2n) is 5.49. The minimum absolute atomic E-state index is 0.0687. The Hall–Kier alpha value is -2.07. The molecule has 2 aromatic rings. The molecule has 22 heavy (non-hydrogen) atoms. The van der Waals surface area contributed by atoms with E-state index in [1.54, 1.807) is 6.07 Å². The van der Waals surface area contributed by atoms with Gasteiger partial charge in [0.15, 0.2) is 0 Å². The normalized spacial score (nSPS) is 16.4. The predicted molar refractivity (Wildman–Crippen MR) is 84.6 cm³/mol. The summed E-state index contributed by atoms with van der Waals surface area (Å²) >= 11 is 0. The van der Waals surface area contributed by atoms with Gasteiger partial charge in [-0.05, 0) is 61.2 Å². The molecule has 0 radical (unpaired) electrons. The second kappa shape index (κ2) is 6.36. The van der Waals surface area contributed by atoms with E-state index in [2.05, 4.69) is 5.32 Å². The van der Waals surface area contributed by atoms with Gasteiger partial charge in [-0.1, -0.05) is 6.07 Å². The van der Waals surface area contributed by atoms with E-state index >= 15 is 0 Å². The zero-order chi connectivity index (χ0) is 15.5. The molecule has 2 N–H and O–H groups in total. The van der Waals surface area contributed by atoms with Crippen molar-refractivity contribution in [1.82, 2.24) is 0 Å². The highest BCUT2D eigenvalue weighted by atomic mass is 19.1. The molecule has 0 fully saturated rings. The fourth-order valence-corrected chi connectivity index (χ4v) is 3.01. The van der Waals surface area contributed by atoms with E-state index in [1.807, 2.05) is 31.2 Å². The third-order valence-electron chi connectivity index (χ3n) is 4.06. The number of ether oxygens (including phenoxy) is 1. The van der Waals surface area contributed by atoms with Crippen molar-refractivity contribution in [2.45, 2.75) is 32.4 Å². The number of hydrogen-bond acceptors (Lipinski definition) is 3. The lowest BCUT2D eigenvalue weighted by Crippen LogP contribution is -2.08. The molecule has 1 unspecified atom stereocenters. The first kappa shape index (κ1) is 14.9. The number of rotatable bonds is 5. The standard InChI is InChI=1S/C18H20FNO2/c1-2-22-18-8-6-15(9-13(18)11-21)20-17-7-4-12-3-5-14(19)10-16(12)17/h3,5-6,8-10,17,20-21H,2,4,7,11H2,1H3. The molecule has 0 saturated heterocycles. The van der Waals surface area contributed by atoms with Crippen LogP contribution in [0.1, 0.15) is 36.1 Å². The molecule has 1 aliphatic carbocycles. The van der Waals surface area contributed by atoms with E-state index in [4.69, 9.17) is 4.74 Å². The topological polar surface area (TPSA) is 41.5 Å². The highest BCUT2D eigenvalue weighted by molar-refractivity contribution is 5.53. The summed E-state index contributed by atoms with van der Waals surface area (Å²) in [5, 5.41) is 12.9. The molecule has 0 saturated carbocycles. The molecule has 0 bridgehead atoms. The number of hydrogen-bond donors (Lipinski definition) is 2. The summed E-state index contributed by atoms with van der Waals surface area (Å²) in [4.78, 5) is 0. The second-order valence-corrected chi connectivity index (χ2v) is 5.49. The van der Waals surface area contributed by atoms with E-state index in [-0.39, 0.29) is 18.5 Å². The first-order valence-corrected chi connectivity index (χ1v) is 7.62. The molecule has 1 atom stereocenters. The number of nitrogens with one attached hydrogen (secondary N) is 1. The van der Waals surface area contributed by atoms with Gasteiger partial charge in [0.05, 0.1) is 19.3 Å². The SMILES string of the molecule is CCOc1ccc(NC2CCc3ccc(F)cc32)cc1CO. The lowest BCUT2D eigenvalue weighted by atomic mass is 10.1. The largest absolute Gasteiger partial charge is 0.494 e. The van der Waals surface area contributed by atoms with Crippen LogP contribution in [0.25, 0.3) is 0 Å². The maximum Gasteiger partial charge on any atom is 0.124 e. The lowest BCUT2D eigenvalue weighted by Gasteiger charge is -2.17. The Kier molecular flexibility index (Phi) is 4.29. The molecule has 0 amide bonds. The van der Waals surface area contributed by atoms with Crippen molar-refractivity contribution in [3.05, 3.63) is 58.9 Å². The Balaban J connectivity index is 1.82. The number of halogens is 1. The monoisotopic (exact) mass is 301 g/mol. The van der Waals surface area contributed by atoms with Crippen LogP contribution < -0.4 is 10.1 Å². The van der Waals surface area contributed by atoms with Crippen LogP contribution in [0.4, 0.5) is 10.1 Å². The Labute approximate surface area is 129 Å². The van der Waals surface area contributed by atoms with Gasteiger partial charge in [-0.15, -0.1) is 0 Å². The highest BCUT2D eigenvalue weighted by Crippen LogP contribution is 2.35. The maximum absolute atomic E-state index is 13.5. The number of benzene rings is 2. The summed E-state index contributed by atoms with van der Waals surface area (Å²) in [5.74, 6) is 0.503. The van der Waals surface area contributed by atoms with Gasteiger partial charge in [-0.25, -0.2) is 4.39 Å². The van der Waals surface area contributed by atoms with Gasteiger partial charge in [0.1, 0.15) is 11.6 Å². The van der Waals surface area contributed by atoms with Crippen molar-refractivity contribution in [2.24, 2.45) is 0 Å². The minimum Gasteiger partial charge on any atom is -0.494 e. The molecule has 1 aliphatic rings. The molecule has 4 heteroatoms. The van der Waals surface area contributed by atoms with Gasteiger partial charge in [-0.2, -0.15) is 0 Å². The average molecular weight is 301 g/mol. The first-order valence-electron chi connectivity index (χ1n) is 7.62. The van der Waals surface area contributed by atoms with Gasteiger partial charge in [0.2, 0.25) is 0 Å². The van der Waals surface area contributed by atoms with Crippen molar-refractivity contribution < 1.29 is 14.2 Å². The summed E-state index contributed by atoms with van der Waals surface area (Å²) in [6, 6.07) is 10.8. The summed E-state index contributed by atoms with van der Waals surface area (Å²) in [6.07, 6.45) is 1.90. The fourth-order valence-electron chi connectivity index (χ4n) is 3.01. The van der Waals surface area contributed by atoms with E-state index in [0.717, 1.165) is 29.7 Å². The average Bonchev–Trinajstić information content (AvgIpc) is 2.91. The van der Waals surface area contributed by atoms with Gasteiger partial charge in [0, 0.05) is 11.3 Å². The van der Waals surface area contributed by atoms with Crippen molar-refractivity contribution in [3.63, 3.8) is 0 Å². The third kappa shape index (κ3) is 2.92. The summed E-state index contributed by atoms with van der Waals surface area (Å²) in [5.41, 5.74) is 3.89. The molecule has 2 aromatic carbocycles. The van der Waals surface area contributed by atoms with Crippen LogP contribution in [0.3, 0.4) is 0 Å². The molecule has 3 nitrogen and oxygen atoms in total. The van der Waals surface area contributed by atoms with Crippen LogP contribution in [0.5, 0.6) is 5.75 Å². The fraction of sp³-hybridized carbons (Fsp3) is 0.333. The quantitative estimate of drug-likeness (QED) is 0.882. The molecular formula is C18H20FNO2. The molecule has 0 aliphatic heterocycles. The van der Waals surface area contributed by atoms with Crippen LogP contribution in [0, 0.1) is 5.82 Å². The number of fused-ring (bicyclic) bond motifs is 1. The summed E-state index contributed by atoms with van der Waals surface area (Å²) in [6.45, 7) is 2.41. The van der Waals surface area contributed by atoms with Gasteiger partial charge in [0.25, 0.3) is 0 Å². The first-order chi connectivity index (χ1) is 10.7. The van der Waals surface area contributed by atoms with E-state index < -0.39 is 0 Å². The zero-order valence-corrected chi connectivity index (χ0v) is 12.6. The van der Waals surface area contributed by atoms with Crippen LogP contribution >= 0.6 is 0 Å². The van der Waals surface area contributed by atoms with E-state index in [1.165, 1.54) is 11.6 Å². The Morgan fingerprint density at radius 3 is 2.91 bits per heavy atom. The lowest BCUT2D eigenvalue weighted by molar-refractivity contribution is 0.267. The highest BCUT2D eigenvalue weighted by Gasteiger charge is 2.23. The third-order valence-corrected chi connectivity index (χ3v) is 4.06. The van der Waals surface area contributed by atoms with Crippen LogP contribution in [-0.4, -0.2) is 11.7 Å². The van der Waals surface area contributed by atoms with Crippen molar-refractivity contribution in [3.8, 4) is 5.75 Å². The van der Waals surface area contributed by atoms with E-state index in [9.17, 15) is 9.50 Å². The van der Waals surface area contributed by atoms with Gasteiger partial charge >= 0.3 is 0 Å². The van der Waals surface area contributed by atoms with Gasteiger partial charge in [-0.3, -0.25) is 0 Å². The zero-order valence-electron chi connectivity index (χ0n) is 12.6. The number of aryl methyl sites for hydroxylation is 1. The molecular weight excluding hydrogens is 281 g/mol. The van der Waals surface area contributed by atoms with E-state index in [0.29, 0.717) is 12.4 Å². The van der Waals surface area contributed by atoms with Crippen molar-refractivity contribution >= 4 is 5.69 Å². The molecule has 116 valence electrons. The molecule has 0 heterocycles. The molecule has 0 spiro atoms. The maximum atomic E-state index is 13.5. The summed E-state index contributed by atoms with van der Waals surface area (Å²) in [7, 11) is 0. The Morgan fingerprint density at radius 1 is 1.27 bits per heavy atom. The van der Waals surface area contributed by atoms with Crippen LogP contribution in [0.15, 0.2) is 36.4 Å². The summed E-state index contributed by atoms with van der Waals surface area (Å²) < 4.78 is 18.9. The van der Waals surface area contributed by atoms with Gasteiger partial charge < -0.3 is 15.2 Å². The van der Waals surface area contributed by atoms with Crippen molar-refractivity contribution in [2.75, 3.05) is 11.9 Å². The molecule has 0 aromatic heterocycles. The predicted octanol–water partition coefficient (Wildman–Crippen LogP) is 3.82. The number of aliphatic hydroxyl groups excluding tert-OH is 1. The Bertz CT molecular complexity index is 672. The number of anilines is 1. The Morgan fingerprint density at radius 2 is 2.14 bits per heavy atom. The minimum atomic E-state index is -0.199. The van der Waals surface area contributed by atoms with Crippen LogP contribution in [-0.2, 0) is 13.0 Å². The van der Waals surface area contributed by atoms with Crippen LogP contribution in [0.2, 0.25) is 0 Å². The number of aliphatic hydroxyl groups is 1. The smallest absolute Gasteiger partial charge is 0.124 e. The molecule has 3 rings (SSSR count).